The van der Waals surface area contributed by atoms with E-state index in [1.165, 1.54) is 8.97 Å². The molecule has 9 heteroatoms. The molecule has 4 aromatic heterocycles. The van der Waals surface area contributed by atoms with Gasteiger partial charge in [-0.05, 0) is 65.7 Å². The Kier molecular flexibility index (Phi) is 7.27. The number of hydrogen-bond donors (Lipinski definition) is 0. The summed E-state index contributed by atoms with van der Waals surface area (Å²) in [7, 11) is 0. The molecule has 0 amide bonds. The monoisotopic (exact) mass is 735 g/mol. The number of hydrogen-bond acceptors (Lipinski definition) is 6. The van der Waals surface area contributed by atoms with Crippen molar-refractivity contribution < 1.29 is 0 Å². The first-order valence-electron chi connectivity index (χ1n) is 18.6. The maximum absolute atomic E-state index is 15.1. The van der Waals surface area contributed by atoms with E-state index in [1.807, 2.05) is 109 Å². The quantitative estimate of drug-likeness (QED) is 0.129. The van der Waals surface area contributed by atoms with Crippen LogP contribution in [0.25, 0.3) is 94.9 Å². The molecule has 0 unspecified atom stereocenters. The van der Waals surface area contributed by atoms with Crippen molar-refractivity contribution in [2.24, 2.45) is 0 Å². The van der Waals surface area contributed by atoms with Crippen LogP contribution in [0.3, 0.4) is 0 Å². The highest BCUT2D eigenvalue weighted by molar-refractivity contribution is 6.10. The molecule has 0 atom stereocenters. The van der Waals surface area contributed by atoms with Gasteiger partial charge in [0.25, 0.3) is 11.1 Å². The van der Waals surface area contributed by atoms with Crippen LogP contribution in [0.2, 0.25) is 0 Å². The molecule has 0 saturated carbocycles. The van der Waals surface area contributed by atoms with Crippen LogP contribution in [0, 0.1) is 0 Å². The molecule has 57 heavy (non-hydrogen) atoms. The summed E-state index contributed by atoms with van der Waals surface area (Å²) in [4.78, 5) is 49.1. The Hall–Kier alpha value is -8.04. The van der Waals surface area contributed by atoms with Crippen molar-refractivity contribution in [1.82, 2.24) is 33.5 Å². The van der Waals surface area contributed by atoms with Crippen LogP contribution in [0.4, 0.5) is 0 Å². The van der Waals surface area contributed by atoms with Gasteiger partial charge in [-0.3, -0.25) is 9.59 Å². The van der Waals surface area contributed by atoms with E-state index < -0.39 is 5.56 Å². The lowest BCUT2D eigenvalue weighted by Gasteiger charge is -2.15. The minimum atomic E-state index is -0.417. The first-order valence-corrected chi connectivity index (χ1v) is 18.6. The number of nitrogens with zero attached hydrogens (tertiary/aromatic N) is 7. The number of fused-ring (bicyclic) bond motifs is 7. The molecule has 9 nitrogen and oxygen atoms in total. The molecule has 0 aliphatic rings. The zero-order valence-electron chi connectivity index (χ0n) is 30.2. The lowest BCUT2D eigenvalue weighted by Crippen LogP contribution is -2.29. The summed E-state index contributed by atoms with van der Waals surface area (Å²) in [6, 6.07) is 56.9. The molecule has 4 heterocycles. The molecule has 0 aliphatic carbocycles. The smallest absolute Gasteiger partial charge is 0.269 e. The minimum Gasteiger partial charge on any atom is -0.309 e. The zero-order chi connectivity index (χ0) is 38.0. The molecule has 0 fully saturated rings. The van der Waals surface area contributed by atoms with Crippen LogP contribution in [0.1, 0.15) is 0 Å². The lowest BCUT2D eigenvalue weighted by atomic mass is 10.0. The maximum Gasteiger partial charge on any atom is 0.269 e. The van der Waals surface area contributed by atoms with Gasteiger partial charge in [0.1, 0.15) is 0 Å². The number of aromatic nitrogens is 7. The van der Waals surface area contributed by atoms with Crippen LogP contribution in [0.5, 0.6) is 0 Å². The van der Waals surface area contributed by atoms with Gasteiger partial charge in [-0.25, -0.2) is 18.9 Å². The Morgan fingerprint density at radius 2 is 0.912 bits per heavy atom. The predicted octanol–water partition coefficient (Wildman–Crippen LogP) is 9.43. The van der Waals surface area contributed by atoms with Crippen molar-refractivity contribution in [2.45, 2.75) is 0 Å². The van der Waals surface area contributed by atoms with Gasteiger partial charge in [-0.1, -0.05) is 121 Å². The largest absolute Gasteiger partial charge is 0.309 e. The number of para-hydroxylation sites is 3. The van der Waals surface area contributed by atoms with Crippen molar-refractivity contribution in [1.29, 1.82) is 0 Å². The van der Waals surface area contributed by atoms with Gasteiger partial charge in [0.2, 0.25) is 11.7 Å². The Morgan fingerprint density at radius 1 is 0.368 bits per heavy atom. The maximum atomic E-state index is 15.1. The number of rotatable bonds is 5. The van der Waals surface area contributed by atoms with Crippen molar-refractivity contribution >= 4 is 49.4 Å². The topological polar surface area (TPSA) is 100.0 Å². The summed E-state index contributed by atoms with van der Waals surface area (Å²) in [6.07, 6.45) is 0. The molecule has 0 bridgehead atoms. The number of benzene rings is 7. The third-order valence-corrected chi connectivity index (χ3v) is 10.5. The van der Waals surface area contributed by atoms with Crippen LogP contribution < -0.4 is 11.1 Å². The summed E-state index contributed by atoms with van der Waals surface area (Å²) < 4.78 is 5.11. The van der Waals surface area contributed by atoms with Gasteiger partial charge in [-0.2, -0.15) is 9.97 Å². The van der Waals surface area contributed by atoms with Gasteiger partial charge < -0.3 is 4.57 Å². The normalized spacial score (nSPS) is 11.6. The molecule has 0 saturated heterocycles. The van der Waals surface area contributed by atoms with Crippen molar-refractivity contribution in [3.63, 3.8) is 0 Å². The summed E-state index contributed by atoms with van der Waals surface area (Å²) in [6.45, 7) is 0. The van der Waals surface area contributed by atoms with Gasteiger partial charge in [0, 0.05) is 27.6 Å². The van der Waals surface area contributed by atoms with E-state index in [-0.39, 0.29) is 17.3 Å². The second-order valence-electron chi connectivity index (χ2n) is 13.9. The highest BCUT2D eigenvalue weighted by Crippen LogP contribution is 2.35. The van der Waals surface area contributed by atoms with E-state index in [9.17, 15) is 4.79 Å². The van der Waals surface area contributed by atoms with E-state index in [0.29, 0.717) is 33.5 Å². The van der Waals surface area contributed by atoms with Gasteiger partial charge >= 0.3 is 0 Å². The average molecular weight is 736 g/mol. The Bertz CT molecular complexity index is 3450. The van der Waals surface area contributed by atoms with Crippen LogP contribution >= 0.6 is 0 Å². The molecule has 11 aromatic rings. The lowest BCUT2D eigenvalue weighted by molar-refractivity contribution is 0.860. The first kappa shape index (κ1) is 32.4. The predicted molar refractivity (Wildman–Crippen MR) is 226 cm³/mol. The molecule has 268 valence electrons. The van der Waals surface area contributed by atoms with E-state index in [1.54, 1.807) is 12.1 Å². The fourth-order valence-electron chi connectivity index (χ4n) is 7.87. The summed E-state index contributed by atoms with van der Waals surface area (Å²) in [5.74, 6) is 0.909. The Morgan fingerprint density at radius 3 is 1.60 bits per heavy atom. The molecule has 7 aromatic carbocycles. The molecule has 0 radical (unpaired) electrons. The van der Waals surface area contributed by atoms with Gasteiger partial charge in [-0.15, -0.1) is 0 Å². The molecule has 0 aliphatic heterocycles. The first-order chi connectivity index (χ1) is 28.1. The SMILES string of the molecule is O=c1c2cc(-c3ccc4c(c3)c3ccccc3n4-c3ccccc3)ccc2n2c(=O)c3ccccc3nc2n1-c1nc(-c2ccccc2)nc(-c2ccccc2)n1. The van der Waals surface area contributed by atoms with E-state index in [2.05, 4.69) is 59.2 Å². The third kappa shape index (κ3) is 5.17. The minimum absolute atomic E-state index is 0.0508. The van der Waals surface area contributed by atoms with Crippen molar-refractivity contribution in [2.75, 3.05) is 0 Å². The standard InChI is InChI=1S/C48H29N7O2/c56-45-36-21-10-12-22-39(36)49-48-54(45)42-27-25-33(32-24-26-41-37(28-32)35-20-11-13-23-40(35)53(41)34-18-8-3-9-19-34)29-38(42)46(57)55(48)47-51-43(30-14-4-1-5-15-30)50-44(52-47)31-16-6-2-7-17-31/h1-29H. The fourth-order valence-corrected chi connectivity index (χ4v) is 7.87. The summed E-state index contributed by atoms with van der Waals surface area (Å²) >= 11 is 0. The molecular weight excluding hydrogens is 707 g/mol. The third-order valence-electron chi connectivity index (χ3n) is 10.5. The van der Waals surface area contributed by atoms with Crippen LogP contribution in [-0.4, -0.2) is 33.5 Å². The molecular formula is C48H29N7O2. The molecule has 0 N–H and O–H groups in total. The van der Waals surface area contributed by atoms with E-state index >= 15 is 4.79 Å². The Balaban J connectivity index is 1.20. The van der Waals surface area contributed by atoms with E-state index in [0.717, 1.165) is 49.7 Å². The second kappa shape index (κ2) is 12.8. The fraction of sp³-hybridized carbons (Fsp3) is 0. The highest BCUT2D eigenvalue weighted by atomic mass is 16.1. The second-order valence-corrected chi connectivity index (χ2v) is 13.9. The van der Waals surface area contributed by atoms with Gasteiger partial charge in [0.05, 0.1) is 32.8 Å². The van der Waals surface area contributed by atoms with Crippen LogP contribution in [0.15, 0.2) is 186 Å². The summed E-state index contributed by atoms with van der Waals surface area (Å²) in [5, 5.41) is 2.95. The highest BCUT2D eigenvalue weighted by Gasteiger charge is 2.22. The molecule has 11 rings (SSSR count). The average Bonchev–Trinajstić information content (AvgIpc) is 3.61. The van der Waals surface area contributed by atoms with Crippen LogP contribution in [-0.2, 0) is 0 Å². The summed E-state index contributed by atoms with van der Waals surface area (Å²) in [5.41, 5.74) is 6.65. The zero-order valence-corrected chi connectivity index (χ0v) is 30.2. The van der Waals surface area contributed by atoms with Crippen molar-refractivity contribution in [3.05, 3.63) is 197 Å². The van der Waals surface area contributed by atoms with Crippen molar-refractivity contribution in [3.8, 4) is 45.5 Å². The van der Waals surface area contributed by atoms with Gasteiger partial charge in [0.15, 0.2) is 11.6 Å². The molecule has 0 spiro atoms. The van der Waals surface area contributed by atoms with E-state index in [4.69, 9.17) is 19.9 Å². The Labute approximate surface area is 324 Å².